The Labute approximate surface area is 128 Å². The first-order valence-electron chi connectivity index (χ1n) is 6.79. The van der Waals surface area contributed by atoms with Gasteiger partial charge in [-0.25, -0.2) is 4.39 Å². The zero-order chi connectivity index (χ0) is 14.5. The van der Waals surface area contributed by atoms with Crippen LogP contribution in [0.5, 0.6) is 0 Å². The molecule has 0 saturated heterocycles. The quantitative estimate of drug-likeness (QED) is 0.860. The molecule has 0 bridgehead atoms. The van der Waals surface area contributed by atoms with E-state index in [4.69, 9.17) is 5.73 Å². The van der Waals surface area contributed by atoms with E-state index in [2.05, 4.69) is 47.1 Å². The number of halogens is 2. The molecule has 0 radical (unpaired) electrons. The standard InChI is InChI=1S/C17H19BrFN/c1-12-3-2-4-13(9-12)5-8-16(20)10-14-6-7-15(18)11-17(14)19/h2-4,6-7,9,11,16H,5,8,10,20H2,1H3. The predicted octanol–water partition coefficient (Wildman–Crippen LogP) is 4.40. The molecular formula is C17H19BrFN. The van der Waals surface area contributed by atoms with Gasteiger partial charge in [0, 0.05) is 10.5 Å². The fraction of sp³-hybridized carbons (Fsp3) is 0.294. The van der Waals surface area contributed by atoms with Crippen molar-refractivity contribution < 1.29 is 4.39 Å². The first kappa shape index (κ1) is 15.2. The SMILES string of the molecule is Cc1cccc(CCC(N)Cc2ccc(Br)cc2F)c1. The molecular weight excluding hydrogens is 317 g/mol. The minimum absolute atomic E-state index is 0.0220. The van der Waals surface area contributed by atoms with E-state index in [0.29, 0.717) is 12.0 Å². The van der Waals surface area contributed by atoms with Gasteiger partial charge in [0.25, 0.3) is 0 Å². The van der Waals surface area contributed by atoms with Crippen molar-refractivity contribution in [2.75, 3.05) is 0 Å². The summed E-state index contributed by atoms with van der Waals surface area (Å²) >= 11 is 3.26. The largest absolute Gasteiger partial charge is 0.327 e. The maximum atomic E-state index is 13.7. The summed E-state index contributed by atoms with van der Waals surface area (Å²) < 4.78 is 14.5. The van der Waals surface area contributed by atoms with Gasteiger partial charge in [-0.15, -0.1) is 0 Å². The number of hydrogen-bond donors (Lipinski definition) is 1. The summed E-state index contributed by atoms with van der Waals surface area (Å²) in [5.74, 6) is -0.189. The fourth-order valence-electron chi connectivity index (χ4n) is 2.29. The summed E-state index contributed by atoms with van der Waals surface area (Å²) in [6, 6.07) is 13.5. The monoisotopic (exact) mass is 335 g/mol. The maximum absolute atomic E-state index is 13.7. The van der Waals surface area contributed by atoms with Crippen molar-refractivity contribution in [1.29, 1.82) is 0 Å². The highest BCUT2D eigenvalue weighted by Crippen LogP contribution is 2.17. The van der Waals surface area contributed by atoms with Crippen LogP contribution in [0.15, 0.2) is 46.9 Å². The van der Waals surface area contributed by atoms with Crippen molar-refractivity contribution in [2.24, 2.45) is 5.73 Å². The van der Waals surface area contributed by atoms with Crippen molar-refractivity contribution in [3.63, 3.8) is 0 Å². The number of rotatable bonds is 5. The topological polar surface area (TPSA) is 26.0 Å². The zero-order valence-corrected chi connectivity index (χ0v) is 13.2. The third-order valence-corrected chi connectivity index (χ3v) is 3.88. The maximum Gasteiger partial charge on any atom is 0.127 e. The van der Waals surface area contributed by atoms with Gasteiger partial charge in [-0.3, -0.25) is 0 Å². The third-order valence-electron chi connectivity index (χ3n) is 3.38. The van der Waals surface area contributed by atoms with E-state index in [0.717, 1.165) is 17.3 Å². The van der Waals surface area contributed by atoms with Crippen LogP contribution in [-0.4, -0.2) is 6.04 Å². The van der Waals surface area contributed by atoms with Crippen molar-refractivity contribution in [2.45, 2.75) is 32.2 Å². The Balaban J connectivity index is 1.90. The molecule has 106 valence electrons. The van der Waals surface area contributed by atoms with E-state index in [9.17, 15) is 4.39 Å². The Hall–Kier alpha value is -1.19. The van der Waals surface area contributed by atoms with Gasteiger partial charge in [0.2, 0.25) is 0 Å². The molecule has 2 aromatic carbocycles. The summed E-state index contributed by atoms with van der Waals surface area (Å²) in [4.78, 5) is 0. The van der Waals surface area contributed by atoms with E-state index in [1.165, 1.54) is 17.2 Å². The lowest BCUT2D eigenvalue weighted by Crippen LogP contribution is -2.24. The highest BCUT2D eigenvalue weighted by atomic mass is 79.9. The number of aryl methyl sites for hydroxylation is 2. The first-order chi connectivity index (χ1) is 9.54. The molecule has 1 unspecified atom stereocenters. The lowest BCUT2D eigenvalue weighted by Gasteiger charge is -2.12. The highest BCUT2D eigenvalue weighted by Gasteiger charge is 2.09. The normalized spacial score (nSPS) is 12.4. The molecule has 2 aromatic rings. The van der Waals surface area contributed by atoms with Crippen LogP contribution in [-0.2, 0) is 12.8 Å². The molecule has 0 aliphatic carbocycles. The Morgan fingerprint density at radius 2 is 2.00 bits per heavy atom. The van der Waals surface area contributed by atoms with Crippen LogP contribution in [0.4, 0.5) is 4.39 Å². The van der Waals surface area contributed by atoms with E-state index in [1.54, 1.807) is 6.07 Å². The minimum Gasteiger partial charge on any atom is -0.327 e. The van der Waals surface area contributed by atoms with Gasteiger partial charge in [-0.05, 0) is 49.4 Å². The van der Waals surface area contributed by atoms with Gasteiger partial charge < -0.3 is 5.73 Å². The second-order valence-electron chi connectivity index (χ2n) is 5.23. The molecule has 20 heavy (non-hydrogen) atoms. The summed E-state index contributed by atoms with van der Waals surface area (Å²) in [5, 5.41) is 0. The fourth-order valence-corrected chi connectivity index (χ4v) is 2.62. The molecule has 0 aliphatic rings. The Morgan fingerprint density at radius 1 is 1.20 bits per heavy atom. The van der Waals surface area contributed by atoms with Gasteiger partial charge in [0.15, 0.2) is 0 Å². The van der Waals surface area contributed by atoms with Crippen LogP contribution < -0.4 is 5.73 Å². The second-order valence-corrected chi connectivity index (χ2v) is 6.14. The Morgan fingerprint density at radius 3 is 2.70 bits per heavy atom. The molecule has 0 heterocycles. The Kier molecular flexibility index (Phi) is 5.32. The van der Waals surface area contributed by atoms with Crippen LogP contribution in [0.3, 0.4) is 0 Å². The number of nitrogens with two attached hydrogens (primary N) is 1. The molecule has 0 aromatic heterocycles. The van der Waals surface area contributed by atoms with Gasteiger partial charge >= 0.3 is 0 Å². The number of hydrogen-bond acceptors (Lipinski definition) is 1. The lowest BCUT2D eigenvalue weighted by molar-refractivity contribution is 0.565. The summed E-state index contributed by atoms with van der Waals surface area (Å²) in [6.07, 6.45) is 2.37. The van der Waals surface area contributed by atoms with Gasteiger partial charge in [-0.2, -0.15) is 0 Å². The molecule has 2 N–H and O–H groups in total. The summed E-state index contributed by atoms with van der Waals surface area (Å²) in [6.45, 7) is 2.08. The molecule has 2 rings (SSSR count). The van der Waals surface area contributed by atoms with E-state index < -0.39 is 0 Å². The van der Waals surface area contributed by atoms with Crippen LogP contribution >= 0.6 is 15.9 Å². The Bertz CT molecular complexity index is 583. The smallest absolute Gasteiger partial charge is 0.127 e. The summed E-state index contributed by atoms with van der Waals surface area (Å²) in [5.41, 5.74) is 9.35. The average Bonchev–Trinajstić information content (AvgIpc) is 2.40. The average molecular weight is 336 g/mol. The van der Waals surface area contributed by atoms with Crippen molar-refractivity contribution >= 4 is 15.9 Å². The van der Waals surface area contributed by atoms with Gasteiger partial charge in [0.05, 0.1) is 0 Å². The third kappa shape index (κ3) is 4.43. The lowest BCUT2D eigenvalue weighted by atomic mass is 9.99. The van der Waals surface area contributed by atoms with Crippen LogP contribution in [0.2, 0.25) is 0 Å². The van der Waals surface area contributed by atoms with Crippen LogP contribution in [0.25, 0.3) is 0 Å². The first-order valence-corrected chi connectivity index (χ1v) is 7.59. The molecule has 3 heteroatoms. The number of benzene rings is 2. The van der Waals surface area contributed by atoms with Crippen LogP contribution in [0.1, 0.15) is 23.1 Å². The molecule has 0 amide bonds. The summed E-state index contributed by atoms with van der Waals surface area (Å²) in [7, 11) is 0. The second kappa shape index (κ2) is 7.00. The zero-order valence-electron chi connectivity index (χ0n) is 11.6. The predicted molar refractivity (Wildman–Crippen MR) is 85.3 cm³/mol. The molecule has 0 aliphatic heterocycles. The van der Waals surface area contributed by atoms with E-state index in [-0.39, 0.29) is 11.9 Å². The van der Waals surface area contributed by atoms with Gasteiger partial charge in [-0.1, -0.05) is 51.8 Å². The van der Waals surface area contributed by atoms with E-state index in [1.807, 2.05) is 6.07 Å². The molecule has 0 fully saturated rings. The van der Waals surface area contributed by atoms with Gasteiger partial charge in [0.1, 0.15) is 5.82 Å². The highest BCUT2D eigenvalue weighted by molar-refractivity contribution is 9.10. The van der Waals surface area contributed by atoms with Crippen LogP contribution in [0, 0.1) is 12.7 Å². The molecule has 1 atom stereocenters. The molecule has 1 nitrogen and oxygen atoms in total. The minimum atomic E-state index is -0.189. The van der Waals surface area contributed by atoms with Crippen molar-refractivity contribution in [3.8, 4) is 0 Å². The van der Waals surface area contributed by atoms with Crippen molar-refractivity contribution in [3.05, 3.63) is 69.4 Å². The molecule has 0 spiro atoms. The van der Waals surface area contributed by atoms with Crippen molar-refractivity contribution in [1.82, 2.24) is 0 Å². The molecule has 0 saturated carbocycles. The van der Waals surface area contributed by atoms with E-state index >= 15 is 0 Å².